The van der Waals surface area contributed by atoms with Crippen LogP contribution in [0.5, 0.6) is 5.75 Å². The van der Waals surface area contributed by atoms with Crippen LogP contribution < -0.4 is 9.64 Å². The molecule has 2 amide bonds. The van der Waals surface area contributed by atoms with Gasteiger partial charge in [-0.25, -0.2) is 4.90 Å². The number of likely N-dealkylation sites (N-methyl/N-ethyl adjacent to an activating group) is 1. The van der Waals surface area contributed by atoms with Crippen molar-refractivity contribution in [3.05, 3.63) is 65.9 Å². The first kappa shape index (κ1) is 22.1. The molecule has 2 aliphatic rings. The van der Waals surface area contributed by atoms with Gasteiger partial charge in [-0.05, 0) is 76.7 Å². The summed E-state index contributed by atoms with van der Waals surface area (Å²) < 4.78 is 5.76. The zero-order chi connectivity index (χ0) is 22.8. The number of benzene rings is 2. The van der Waals surface area contributed by atoms with Gasteiger partial charge in [-0.1, -0.05) is 30.3 Å². The number of para-hydroxylation sites is 1. The fourth-order valence-corrected chi connectivity index (χ4v) is 4.45. The second kappa shape index (κ2) is 9.17. The van der Waals surface area contributed by atoms with Crippen molar-refractivity contribution in [2.75, 3.05) is 32.1 Å². The Morgan fingerprint density at radius 1 is 0.938 bits per heavy atom. The van der Waals surface area contributed by atoms with Gasteiger partial charge in [-0.3, -0.25) is 9.59 Å². The standard InChI is InChI=1S/C26H31N3O3/c1-18(2)32-22-12-10-19(11-13-22)23-24(28(4)20-14-16-27(3)17-15-20)26(31)29(25(23)30)21-8-6-5-7-9-21/h5-13,18,20H,14-17H2,1-4H3. The van der Waals surface area contributed by atoms with E-state index in [2.05, 4.69) is 11.9 Å². The molecule has 2 aromatic carbocycles. The summed E-state index contributed by atoms with van der Waals surface area (Å²) in [7, 11) is 4.06. The maximum Gasteiger partial charge on any atom is 0.282 e. The van der Waals surface area contributed by atoms with Crippen molar-refractivity contribution >= 4 is 23.1 Å². The van der Waals surface area contributed by atoms with Gasteiger partial charge in [0, 0.05) is 13.1 Å². The van der Waals surface area contributed by atoms with Crippen molar-refractivity contribution in [1.82, 2.24) is 9.80 Å². The molecule has 0 aromatic heterocycles. The Balaban J connectivity index is 1.74. The zero-order valence-electron chi connectivity index (χ0n) is 19.2. The summed E-state index contributed by atoms with van der Waals surface area (Å²) in [5.41, 5.74) is 2.25. The van der Waals surface area contributed by atoms with E-state index in [1.165, 1.54) is 4.90 Å². The first-order valence-corrected chi connectivity index (χ1v) is 11.2. The first-order chi connectivity index (χ1) is 15.4. The quantitative estimate of drug-likeness (QED) is 0.649. The van der Waals surface area contributed by atoms with Gasteiger partial charge in [-0.2, -0.15) is 0 Å². The molecule has 2 aromatic rings. The maximum atomic E-state index is 13.6. The lowest BCUT2D eigenvalue weighted by Crippen LogP contribution is -2.43. The lowest BCUT2D eigenvalue weighted by Gasteiger charge is -2.36. The molecule has 0 N–H and O–H groups in total. The van der Waals surface area contributed by atoms with Gasteiger partial charge in [-0.15, -0.1) is 0 Å². The van der Waals surface area contributed by atoms with Crippen LogP contribution in [0.4, 0.5) is 5.69 Å². The van der Waals surface area contributed by atoms with E-state index in [-0.39, 0.29) is 24.0 Å². The van der Waals surface area contributed by atoms with Crippen LogP contribution in [0, 0.1) is 0 Å². The molecular formula is C26H31N3O3. The van der Waals surface area contributed by atoms with E-state index in [4.69, 9.17) is 4.74 Å². The fraction of sp³-hybridized carbons (Fsp3) is 0.385. The normalized spacial score (nSPS) is 18.1. The van der Waals surface area contributed by atoms with E-state index in [9.17, 15) is 9.59 Å². The highest BCUT2D eigenvalue weighted by Gasteiger charge is 2.43. The van der Waals surface area contributed by atoms with E-state index in [1.807, 2.05) is 68.3 Å². The second-order valence-electron chi connectivity index (χ2n) is 8.84. The molecule has 168 valence electrons. The molecule has 0 bridgehead atoms. The fourth-order valence-electron chi connectivity index (χ4n) is 4.45. The third kappa shape index (κ3) is 4.28. The van der Waals surface area contributed by atoms with Crippen LogP contribution in [0.3, 0.4) is 0 Å². The van der Waals surface area contributed by atoms with Crippen LogP contribution >= 0.6 is 0 Å². The molecular weight excluding hydrogens is 402 g/mol. The molecule has 0 unspecified atom stereocenters. The van der Waals surface area contributed by atoms with Gasteiger partial charge in [0.1, 0.15) is 11.4 Å². The topological polar surface area (TPSA) is 53.1 Å². The van der Waals surface area contributed by atoms with Crippen molar-refractivity contribution in [3.8, 4) is 5.75 Å². The number of rotatable bonds is 6. The summed E-state index contributed by atoms with van der Waals surface area (Å²) >= 11 is 0. The third-order valence-electron chi connectivity index (χ3n) is 6.18. The minimum absolute atomic E-state index is 0.0643. The number of amides is 2. The predicted molar refractivity (Wildman–Crippen MR) is 126 cm³/mol. The monoisotopic (exact) mass is 433 g/mol. The molecule has 0 aliphatic carbocycles. The number of carbonyl (C=O) groups is 2. The smallest absolute Gasteiger partial charge is 0.282 e. The van der Waals surface area contributed by atoms with Gasteiger partial charge in [0.2, 0.25) is 0 Å². The SMILES string of the molecule is CC(C)Oc1ccc(C2=C(N(C)C3CCN(C)CC3)C(=O)N(c3ccccc3)C2=O)cc1. The lowest BCUT2D eigenvalue weighted by atomic mass is 10.00. The van der Waals surface area contributed by atoms with Crippen molar-refractivity contribution in [1.29, 1.82) is 0 Å². The molecule has 0 atom stereocenters. The summed E-state index contributed by atoms with van der Waals surface area (Å²) in [6.45, 7) is 5.90. The van der Waals surface area contributed by atoms with E-state index in [0.717, 1.165) is 37.2 Å². The molecule has 0 radical (unpaired) electrons. The van der Waals surface area contributed by atoms with Gasteiger partial charge in [0.25, 0.3) is 11.8 Å². The molecule has 1 fully saturated rings. The Hall–Kier alpha value is -3.12. The van der Waals surface area contributed by atoms with E-state index < -0.39 is 0 Å². The summed E-state index contributed by atoms with van der Waals surface area (Å²) in [4.78, 5) is 32.9. The Kier molecular flexibility index (Phi) is 6.33. The Labute approximate surface area is 190 Å². The van der Waals surface area contributed by atoms with Crippen molar-refractivity contribution in [2.24, 2.45) is 0 Å². The number of carbonyl (C=O) groups excluding carboxylic acids is 2. The highest BCUT2D eigenvalue weighted by atomic mass is 16.5. The minimum Gasteiger partial charge on any atom is -0.491 e. The number of ether oxygens (including phenoxy) is 1. The van der Waals surface area contributed by atoms with Crippen LogP contribution in [0.15, 0.2) is 60.3 Å². The zero-order valence-corrected chi connectivity index (χ0v) is 19.2. The molecule has 0 saturated carbocycles. The first-order valence-electron chi connectivity index (χ1n) is 11.2. The lowest BCUT2D eigenvalue weighted by molar-refractivity contribution is -0.120. The van der Waals surface area contributed by atoms with Gasteiger partial charge < -0.3 is 14.5 Å². The number of anilines is 1. The van der Waals surface area contributed by atoms with Gasteiger partial charge in [0.05, 0.1) is 17.4 Å². The van der Waals surface area contributed by atoms with Crippen molar-refractivity contribution < 1.29 is 14.3 Å². The molecule has 1 saturated heterocycles. The Morgan fingerprint density at radius 3 is 2.16 bits per heavy atom. The van der Waals surface area contributed by atoms with Crippen LogP contribution in [-0.2, 0) is 9.59 Å². The van der Waals surface area contributed by atoms with Crippen molar-refractivity contribution in [2.45, 2.75) is 38.8 Å². The van der Waals surface area contributed by atoms with E-state index in [0.29, 0.717) is 17.0 Å². The van der Waals surface area contributed by atoms with Gasteiger partial charge >= 0.3 is 0 Å². The summed E-state index contributed by atoms with van der Waals surface area (Å²) in [5, 5.41) is 0. The number of piperidine rings is 1. The summed E-state index contributed by atoms with van der Waals surface area (Å²) in [6, 6.07) is 16.8. The predicted octanol–water partition coefficient (Wildman–Crippen LogP) is 3.78. The molecule has 6 nitrogen and oxygen atoms in total. The highest BCUT2D eigenvalue weighted by molar-refractivity contribution is 6.45. The number of nitrogens with zero attached hydrogens (tertiary/aromatic N) is 3. The van der Waals surface area contributed by atoms with Gasteiger partial charge in [0.15, 0.2) is 0 Å². The molecule has 2 heterocycles. The largest absolute Gasteiger partial charge is 0.491 e. The number of hydrogen-bond acceptors (Lipinski definition) is 5. The maximum absolute atomic E-state index is 13.6. The molecule has 0 spiro atoms. The van der Waals surface area contributed by atoms with Crippen molar-refractivity contribution in [3.63, 3.8) is 0 Å². The van der Waals surface area contributed by atoms with Crippen LogP contribution in [-0.4, -0.2) is 60.9 Å². The van der Waals surface area contributed by atoms with E-state index >= 15 is 0 Å². The molecule has 32 heavy (non-hydrogen) atoms. The second-order valence-corrected chi connectivity index (χ2v) is 8.84. The molecule has 2 aliphatic heterocycles. The number of imide groups is 1. The summed E-state index contributed by atoms with van der Waals surface area (Å²) in [5.74, 6) is 0.194. The molecule has 4 rings (SSSR count). The Bertz CT molecular complexity index is 1010. The average Bonchev–Trinajstić information content (AvgIpc) is 3.04. The van der Waals surface area contributed by atoms with Crippen LogP contribution in [0.25, 0.3) is 5.57 Å². The number of hydrogen-bond donors (Lipinski definition) is 0. The average molecular weight is 434 g/mol. The highest BCUT2D eigenvalue weighted by Crippen LogP contribution is 2.36. The number of likely N-dealkylation sites (tertiary alicyclic amines) is 1. The Morgan fingerprint density at radius 2 is 1.56 bits per heavy atom. The summed E-state index contributed by atoms with van der Waals surface area (Å²) in [6.07, 6.45) is 1.98. The van der Waals surface area contributed by atoms with Crippen LogP contribution in [0.1, 0.15) is 32.3 Å². The third-order valence-corrected chi connectivity index (χ3v) is 6.18. The molecule has 6 heteroatoms. The minimum atomic E-state index is -0.284. The van der Waals surface area contributed by atoms with E-state index in [1.54, 1.807) is 12.1 Å². The van der Waals surface area contributed by atoms with Crippen LogP contribution in [0.2, 0.25) is 0 Å².